The number of carboxylic acids is 1. The average Bonchev–Trinajstić information content (AvgIpc) is 3.97. The van der Waals surface area contributed by atoms with Gasteiger partial charge in [-0.05, 0) is 92.1 Å². The maximum absolute atomic E-state index is 14.6. The van der Waals surface area contributed by atoms with Crippen molar-refractivity contribution in [2.75, 3.05) is 13.1 Å². The molecule has 0 unspecified atom stereocenters. The Morgan fingerprint density at radius 1 is 0.587 bits per heavy atom. The van der Waals surface area contributed by atoms with Crippen LogP contribution in [0.15, 0.2) is 120 Å². The molecule has 2 aliphatic heterocycles. The van der Waals surface area contributed by atoms with Gasteiger partial charge >= 0.3 is 18.3 Å². The lowest BCUT2D eigenvalue weighted by molar-refractivity contribution is -0.142. The van der Waals surface area contributed by atoms with Crippen LogP contribution in [0.25, 0.3) is 22.3 Å². The van der Waals surface area contributed by atoms with Crippen molar-refractivity contribution < 1.29 is 84.2 Å². The second-order valence-corrected chi connectivity index (χ2v) is 20.1. The summed E-state index contributed by atoms with van der Waals surface area (Å²) in [6.45, 7) is -0.337. The summed E-state index contributed by atoms with van der Waals surface area (Å²) in [6.07, 6.45) is -9.81. The molecule has 0 radical (unpaired) electrons. The number of nitrogens with two attached hydrogens (primary N) is 1. The molecule has 75 heavy (non-hydrogen) atoms. The predicted molar refractivity (Wildman–Crippen MR) is 241 cm³/mol. The maximum Gasteiger partial charge on any atom is 0.433 e. The molecule has 2 saturated heterocycles. The summed E-state index contributed by atoms with van der Waals surface area (Å²) in [5, 5.41) is 8.90. The number of carbonyl (C=O) groups is 2. The molecule has 400 valence electrons. The van der Waals surface area contributed by atoms with Gasteiger partial charge in [0.05, 0.1) is 27.9 Å². The Labute approximate surface area is 419 Å². The summed E-state index contributed by atoms with van der Waals surface area (Å²) in [5.74, 6) is -4.99. The fourth-order valence-corrected chi connectivity index (χ4v) is 10.9. The molecule has 6 aromatic rings. The number of Topliss-reactive ketones (excluding diaryl/α,β-unsaturated/α-hetero) is 1. The number of halogens is 12. The molecule has 0 aliphatic carbocycles. The highest BCUT2D eigenvalue weighted by Gasteiger charge is 2.47. The third-order valence-corrected chi connectivity index (χ3v) is 15.2. The van der Waals surface area contributed by atoms with Gasteiger partial charge in [0, 0.05) is 66.4 Å². The first-order chi connectivity index (χ1) is 35.1. The number of carboxylic acid groups (broad SMARTS) is 1. The van der Waals surface area contributed by atoms with E-state index in [1.54, 1.807) is 0 Å². The number of rotatable bonds is 12. The highest BCUT2D eigenvalue weighted by Crippen LogP contribution is 2.34. The van der Waals surface area contributed by atoms with Gasteiger partial charge in [0.2, 0.25) is 20.0 Å². The number of carbonyl (C=O) groups excluding carboxylic acids is 1. The van der Waals surface area contributed by atoms with E-state index >= 15 is 0 Å². The molecule has 0 spiro atoms. The van der Waals surface area contributed by atoms with Crippen LogP contribution in [-0.2, 0) is 55.0 Å². The van der Waals surface area contributed by atoms with Crippen molar-refractivity contribution in [1.82, 2.24) is 28.5 Å². The number of nitrogens with zero attached hydrogens (tertiary/aromatic N) is 6. The SMILES string of the molecule is NCc1cc(-c2ccc(C(F)(F)F)nc2)c(F)cn1.O=C(CCc1cc(-c2ccc(C(F)(F)F)nc2)c(F)cn1)[C@@H]1[C@@H](F)CCN1S(=O)(=O)c1ccc(F)cc1.O=C(O)[C@@H]1[C@@H](F)CCN1S(=O)(=O)c1ccc(F)cc1. The second kappa shape index (κ2) is 23.3. The Kier molecular flexibility index (Phi) is 17.9. The van der Waals surface area contributed by atoms with Crippen LogP contribution < -0.4 is 5.73 Å². The molecule has 0 saturated carbocycles. The van der Waals surface area contributed by atoms with Crippen LogP contribution >= 0.6 is 0 Å². The van der Waals surface area contributed by atoms with Crippen molar-refractivity contribution in [2.24, 2.45) is 5.73 Å². The number of aryl methyl sites for hydroxylation is 1. The van der Waals surface area contributed by atoms with Crippen LogP contribution in [0.3, 0.4) is 0 Å². The van der Waals surface area contributed by atoms with Gasteiger partial charge in [-0.3, -0.25) is 29.5 Å². The summed E-state index contributed by atoms with van der Waals surface area (Å²) in [7, 11) is -8.41. The molecule has 0 bridgehead atoms. The average molecular weight is 1110 g/mol. The van der Waals surface area contributed by atoms with Gasteiger partial charge in [-0.1, -0.05) is 12.1 Å². The summed E-state index contributed by atoms with van der Waals surface area (Å²) in [4.78, 5) is 37.5. The highest BCUT2D eigenvalue weighted by atomic mass is 32.2. The van der Waals surface area contributed by atoms with Crippen molar-refractivity contribution in [2.45, 2.75) is 78.8 Å². The monoisotopic (exact) mass is 1110 g/mol. The van der Waals surface area contributed by atoms with E-state index in [4.69, 9.17) is 10.8 Å². The van der Waals surface area contributed by atoms with Gasteiger partial charge in [0.15, 0.2) is 11.8 Å². The van der Waals surface area contributed by atoms with Crippen molar-refractivity contribution in [1.29, 1.82) is 0 Å². The van der Waals surface area contributed by atoms with E-state index in [1.165, 1.54) is 12.1 Å². The summed E-state index contributed by atoms with van der Waals surface area (Å²) in [6, 6.07) is 10.9. The number of hydrogen-bond acceptors (Lipinski definition) is 11. The lowest BCUT2D eigenvalue weighted by atomic mass is 10.0. The molecule has 4 aromatic heterocycles. The van der Waals surface area contributed by atoms with Crippen molar-refractivity contribution >= 4 is 31.8 Å². The second-order valence-electron chi connectivity index (χ2n) is 16.3. The zero-order valence-corrected chi connectivity index (χ0v) is 39.8. The summed E-state index contributed by atoms with van der Waals surface area (Å²) in [5.41, 5.74) is 4.16. The fourth-order valence-electron chi connectivity index (χ4n) is 7.61. The standard InChI is InChI=1S/C24H19F6N3O3S.C12H9F4N3.C11H11F2NO4S/c25-15-2-5-17(6-3-15)37(35,36)33-10-9-19(26)23(33)21(34)7-4-16-11-18(20(27)13-31-16)14-1-8-22(32-12-14)24(28,29)30;13-10-6-18-8(4-17)3-9(10)7-1-2-11(19-5-7)12(14,15)16;12-7-1-3-8(4-2-7)19(17,18)14-6-5-9(13)10(14)11(15)16/h1-3,5-6,8,11-13,19,23H,4,7,9-10H2;1-3,5-6H,4,17H2;1-4,9-10H,5-6H2,(H,15,16)/t19-,23-;;9-,10-/m0.0/s1. The van der Waals surface area contributed by atoms with E-state index in [0.29, 0.717) is 16.1 Å². The number of aliphatic carboxylic acids is 1. The maximum atomic E-state index is 14.6. The Morgan fingerprint density at radius 2 is 0.987 bits per heavy atom. The van der Waals surface area contributed by atoms with Gasteiger partial charge in [0.25, 0.3) is 0 Å². The Hall–Kier alpha value is -6.88. The summed E-state index contributed by atoms with van der Waals surface area (Å²) < 4.78 is 209. The van der Waals surface area contributed by atoms with Crippen LogP contribution in [0.2, 0.25) is 0 Å². The first kappa shape index (κ1) is 57.4. The van der Waals surface area contributed by atoms with Crippen molar-refractivity contribution in [3.63, 3.8) is 0 Å². The molecule has 2 aromatic carbocycles. The first-order valence-corrected chi connectivity index (χ1v) is 24.7. The molecule has 4 atom stereocenters. The van der Waals surface area contributed by atoms with Crippen molar-refractivity contribution in [3.05, 3.63) is 156 Å². The highest BCUT2D eigenvalue weighted by molar-refractivity contribution is 7.89. The lowest BCUT2D eigenvalue weighted by Crippen LogP contribution is -2.44. The van der Waals surface area contributed by atoms with Gasteiger partial charge < -0.3 is 10.8 Å². The quantitative estimate of drug-likeness (QED) is 0.111. The minimum atomic E-state index is -4.66. The molecule has 14 nitrogen and oxygen atoms in total. The number of sulfonamides is 2. The number of pyridine rings is 4. The molecular weight excluding hydrogens is 1070 g/mol. The molecule has 2 fully saturated rings. The van der Waals surface area contributed by atoms with Crippen molar-refractivity contribution in [3.8, 4) is 22.3 Å². The van der Waals surface area contributed by atoms with Crippen LogP contribution in [0, 0.1) is 23.3 Å². The van der Waals surface area contributed by atoms with E-state index in [1.807, 2.05) is 0 Å². The predicted octanol–water partition coefficient (Wildman–Crippen LogP) is 8.52. The van der Waals surface area contributed by atoms with Gasteiger partial charge in [-0.25, -0.2) is 43.2 Å². The van der Waals surface area contributed by atoms with Crippen LogP contribution in [0.1, 0.15) is 42.0 Å². The largest absolute Gasteiger partial charge is 0.480 e. The first-order valence-electron chi connectivity index (χ1n) is 21.8. The normalized spacial score (nSPS) is 18.4. The molecule has 0 amide bonds. The molecule has 3 N–H and O–H groups in total. The number of benzene rings is 2. The zero-order valence-electron chi connectivity index (χ0n) is 38.2. The van der Waals surface area contributed by atoms with Gasteiger partial charge in [-0.15, -0.1) is 0 Å². The number of ketones is 1. The molecule has 2 aliphatic rings. The van der Waals surface area contributed by atoms with E-state index in [9.17, 15) is 79.1 Å². The third kappa shape index (κ3) is 13.7. The number of hydrogen-bond donors (Lipinski definition) is 2. The van der Waals surface area contributed by atoms with Gasteiger partial charge in [-0.2, -0.15) is 35.0 Å². The van der Waals surface area contributed by atoms with E-state index in [2.05, 4.69) is 19.9 Å². The molecule has 8 rings (SSSR count). The minimum absolute atomic E-state index is 0.0525. The van der Waals surface area contributed by atoms with Gasteiger partial charge in [0.1, 0.15) is 53.0 Å². The van der Waals surface area contributed by atoms with Crippen LogP contribution in [-0.4, -0.2) is 99.8 Å². The lowest BCUT2D eigenvalue weighted by Gasteiger charge is -2.24. The van der Waals surface area contributed by atoms with Crippen LogP contribution in [0.4, 0.5) is 52.7 Å². The topological polar surface area (TPSA) is 207 Å². The molecule has 6 heterocycles. The van der Waals surface area contributed by atoms with E-state index in [0.717, 1.165) is 95.8 Å². The zero-order chi connectivity index (χ0) is 55.2. The fraction of sp³-hybridized carbons (Fsp3) is 0.277. The molecular formula is C47H39F12N7O7S2. The third-order valence-electron chi connectivity index (χ3n) is 11.4. The minimum Gasteiger partial charge on any atom is -0.480 e. The Balaban J connectivity index is 0.000000202. The van der Waals surface area contributed by atoms with E-state index < -0.39 is 103 Å². The molecule has 28 heteroatoms. The van der Waals surface area contributed by atoms with Crippen LogP contribution in [0.5, 0.6) is 0 Å². The Morgan fingerprint density at radius 3 is 1.37 bits per heavy atom. The number of aromatic nitrogens is 4. The number of alkyl halides is 8. The Bertz CT molecular complexity index is 3210. The van der Waals surface area contributed by atoms with E-state index in [-0.39, 0.29) is 83.1 Å². The smallest absolute Gasteiger partial charge is 0.433 e. The summed E-state index contributed by atoms with van der Waals surface area (Å²) >= 11 is 0.